The number of rotatable bonds is 1. The molecule has 0 aromatic heterocycles. The van der Waals surface area contributed by atoms with Crippen LogP contribution in [0.2, 0.25) is 0 Å². The van der Waals surface area contributed by atoms with Crippen LogP contribution in [-0.2, 0) is 0 Å². The topological polar surface area (TPSA) is 43.1 Å². The van der Waals surface area contributed by atoms with E-state index in [9.17, 15) is 10.1 Å². The van der Waals surface area contributed by atoms with Crippen molar-refractivity contribution in [3.8, 4) is 0 Å². The van der Waals surface area contributed by atoms with Crippen molar-refractivity contribution in [1.29, 1.82) is 0 Å². The maximum absolute atomic E-state index is 10.3. The quantitative estimate of drug-likeness (QED) is 0.409. The fourth-order valence-electron chi connectivity index (χ4n) is 2.27. The fourth-order valence-corrected chi connectivity index (χ4v) is 2.27. The first kappa shape index (κ1) is 6.13. The van der Waals surface area contributed by atoms with Crippen molar-refractivity contribution < 1.29 is 4.92 Å². The fraction of sp³-hybridized carbons (Fsp3) is 1.00. The molecule has 0 aliphatic heterocycles. The Kier molecular flexibility index (Phi) is 1.19. The summed E-state index contributed by atoms with van der Waals surface area (Å²) in [5, 5.41) is 10.3. The monoisotopic (exact) mass is 141 g/mol. The molecule has 10 heavy (non-hydrogen) atoms. The molecule has 2 aliphatic rings. The van der Waals surface area contributed by atoms with Gasteiger partial charge in [0.2, 0.25) is 6.04 Å². The lowest BCUT2D eigenvalue weighted by molar-refractivity contribution is -0.501. The van der Waals surface area contributed by atoms with E-state index in [0.29, 0.717) is 11.8 Å². The number of hydrogen-bond donors (Lipinski definition) is 0. The van der Waals surface area contributed by atoms with Crippen molar-refractivity contribution in [3.05, 3.63) is 10.1 Å². The molecule has 0 N–H and O–H groups in total. The molecule has 0 aromatic carbocycles. The third kappa shape index (κ3) is 0.728. The molecule has 2 fully saturated rings. The SMILES string of the molecule is O=[N+]([O-])C1[C@@H]2CCCC[C@@H]12. The lowest BCUT2D eigenvalue weighted by Gasteiger charge is -2.02. The average Bonchev–Trinajstić information content (AvgIpc) is 2.60. The lowest BCUT2D eigenvalue weighted by Crippen LogP contribution is -2.03. The smallest absolute Gasteiger partial charge is 0.219 e. The zero-order valence-electron chi connectivity index (χ0n) is 5.82. The summed E-state index contributed by atoms with van der Waals surface area (Å²) in [6.45, 7) is 0. The number of nitro groups is 1. The van der Waals surface area contributed by atoms with Gasteiger partial charge >= 0.3 is 0 Å². The Morgan fingerprint density at radius 3 is 2.10 bits per heavy atom. The Bertz CT molecular complexity index is 157. The second-order valence-corrected chi connectivity index (χ2v) is 3.39. The van der Waals surface area contributed by atoms with Crippen LogP contribution in [0.5, 0.6) is 0 Å². The standard InChI is InChI=1S/C7H11NO2/c9-8(10)7-5-3-1-2-4-6(5)7/h5-7H,1-4H2/t5-,6-/m1/s1. The van der Waals surface area contributed by atoms with E-state index in [1.165, 1.54) is 12.8 Å². The van der Waals surface area contributed by atoms with Crippen LogP contribution in [0, 0.1) is 22.0 Å². The van der Waals surface area contributed by atoms with Gasteiger partial charge in [-0.1, -0.05) is 12.8 Å². The number of fused-ring (bicyclic) bond motifs is 1. The maximum atomic E-state index is 10.3. The second kappa shape index (κ2) is 1.94. The molecule has 0 bridgehead atoms. The highest BCUT2D eigenvalue weighted by Crippen LogP contribution is 2.51. The van der Waals surface area contributed by atoms with Gasteiger partial charge in [-0.3, -0.25) is 10.1 Å². The highest BCUT2D eigenvalue weighted by Gasteiger charge is 2.60. The molecule has 0 aromatic rings. The minimum Gasteiger partial charge on any atom is -0.264 e. The van der Waals surface area contributed by atoms with E-state index in [4.69, 9.17) is 0 Å². The van der Waals surface area contributed by atoms with Crippen LogP contribution < -0.4 is 0 Å². The second-order valence-electron chi connectivity index (χ2n) is 3.39. The predicted octanol–water partition coefficient (Wildman–Crippen LogP) is 1.45. The van der Waals surface area contributed by atoms with Gasteiger partial charge in [0.1, 0.15) is 0 Å². The lowest BCUT2D eigenvalue weighted by atomic mass is 10.0. The van der Waals surface area contributed by atoms with Gasteiger partial charge in [-0.25, -0.2) is 0 Å². The van der Waals surface area contributed by atoms with Crippen molar-refractivity contribution in [2.24, 2.45) is 11.8 Å². The Morgan fingerprint density at radius 2 is 1.70 bits per heavy atom. The Hall–Kier alpha value is -0.600. The van der Waals surface area contributed by atoms with Gasteiger partial charge in [0, 0.05) is 16.8 Å². The van der Waals surface area contributed by atoms with E-state index in [2.05, 4.69) is 0 Å². The van der Waals surface area contributed by atoms with Gasteiger partial charge in [0.25, 0.3) is 0 Å². The molecule has 0 spiro atoms. The van der Waals surface area contributed by atoms with Crippen LogP contribution in [0.25, 0.3) is 0 Å². The summed E-state index contributed by atoms with van der Waals surface area (Å²) in [4.78, 5) is 10.3. The molecule has 2 aliphatic carbocycles. The van der Waals surface area contributed by atoms with Crippen LogP contribution in [0.3, 0.4) is 0 Å². The minimum absolute atomic E-state index is 0.0827. The van der Waals surface area contributed by atoms with Crippen molar-refractivity contribution >= 4 is 0 Å². The highest BCUT2D eigenvalue weighted by molar-refractivity contribution is 4.99. The molecule has 2 atom stereocenters. The van der Waals surface area contributed by atoms with Crippen LogP contribution in [0.4, 0.5) is 0 Å². The van der Waals surface area contributed by atoms with Gasteiger partial charge in [0.05, 0.1) is 0 Å². The molecule has 0 saturated heterocycles. The molecule has 0 amide bonds. The number of nitrogens with zero attached hydrogens (tertiary/aromatic N) is 1. The van der Waals surface area contributed by atoms with Crippen molar-refractivity contribution in [2.45, 2.75) is 31.7 Å². The molecule has 2 rings (SSSR count). The Morgan fingerprint density at radius 1 is 1.20 bits per heavy atom. The average molecular weight is 141 g/mol. The van der Waals surface area contributed by atoms with Gasteiger partial charge < -0.3 is 0 Å². The largest absolute Gasteiger partial charge is 0.264 e. The normalized spacial score (nSPS) is 44.2. The van der Waals surface area contributed by atoms with Crippen molar-refractivity contribution in [2.75, 3.05) is 0 Å². The van der Waals surface area contributed by atoms with Crippen LogP contribution >= 0.6 is 0 Å². The molecule has 3 nitrogen and oxygen atoms in total. The molecule has 56 valence electrons. The van der Waals surface area contributed by atoms with E-state index in [-0.39, 0.29) is 11.0 Å². The minimum atomic E-state index is -0.150. The first-order valence-electron chi connectivity index (χ1n) is 3.94. The summed E-state index contributed by atoms with van der Waals surface area (Å²) >= 11 is 0. The summed E-state index contributed by atoms with van der Waals surface area (Å²) in [5.74, 6) is 0.924. The van der Waals surface area contributed by atoms with Gasteiger partial charge in [-0.2, -0.15) is 0 Å². The van der Waals surface area contributed by atoms with E-state index in [1.807, 2.05) is 0 Å². The molecule has 2 saturated carbocycles. The van der Waals surface area contributed by atoms with E-state index < -0.39 is 0 Å². The van der Waals surface area contributed by atoms with Crippen LogP contribution in [0.15, 0.2) is 0 Å². The Balaban J connectivity index is 1.99. The Labute approximate surface area is 59.6 Å². The van der Waals surface area contributed by atoms with Crippen molar-refractivity contribution in [3.63, 3.8) is 0 Å². The van der Waals surface area contributed by atoms with E-state index >= 15 is 0 Å². The molecule has 0 unspecified atom stereocenters. The van der Waals surface area contributed by atoms with E-state index in [0.717, 1.165) is 12.8 Å². The summed E-state index contributed by atoms with van der Waals surface area (Å²) in [7, 11) is 0. The van der Waals surface area contributed by atoms with Crippen LogP contribution in [-0.4, -0.2) is 11.0 Å². The summed E-state index contributed by atoms with van der Waals surface area (Å²) in [6, 6.07) is -0.150. The van der Waals surface area contributed by atoms with Gasteiger partial charge in [-0.05, 0) is 12.8 Å². The van der Waals surface area contributed by atoms with Crippen LogP contribution in [0.1, 0.15) is 25.7 Å². The molecule has 0 radical (unpaired) electrons. The summed E-state index contributed by atoms with van der Waals surface area (Å²) < 4.78 is 0. The van der Waals surface area contributed by atoms with E-state index in [1.54, 1.807) is 0 Å². The maximum Gasteiger partial charge on any atom is 0.219 e. The van der Waals surface area contributed by atoms with Crippen molar-refractivity contribution in [1.82, 2.24) is 0 Å². The molecule has 0 heterocycles. The molecule has 3 heteroatoms. The summed E-state index contributed by atoms with van der Waals surface area (Å²) in [6.07, 6.45) is 4.64. The summed E-state index contributed by atoms with van der Waals surface area (Å²) in [5.41, 5.74) is 0. The zero-order valence-corrected chi connectivity index (χ0v) is 5.82. The first-order valence-corrected chi connectivity index (χ1v) is 3.94. The first-order chi connectivity index (χ1) is 4.80. The zero-order chi connectivity index (χ0) is 7.14. The third-order valence-electron chi connectivity index (χ3n) is 2.85. The molecular weight excluding hydrogens is 130 g/mol. The third-order valence-corrected chi connectivity index (χ3v) is 2.85. The molecular formula is C7H11NO2. The van der Waals surface area contributed by atoms with Gasteiger partial charge in [0.15, 0.2) is 0 Å². The van der Waals surface area contributed by atoms with Gasteiger partial charge in [-0.15, -0.1) is 0 Å². The predicted molar refractivity (Wildman–Crippen MR) is 36.2 cm³/mol. The highest BCUT2D eigenvalue weighted by atomic mass is 16.6. The number of hydrogen-bond acceptors (Lipinski definition) is 2.